The number of benzene rings is 3. The van der Waals surface area contributed by atoms with Gasteiger partial charge in [-0.25, -0.2) is 4.79 Å². The molecule has 0 aliphatic carbocycles. The summed E-state index contributed by atoms with van der Waals surface area (Å²) in [4.78, 5) is 39.5. The van der Waals surface area contributed by atoms with Gasteiger partial charge >= 0.3 is 5.97 Å². The van der Waals surface area contributed by atoms with Crippen LogP contribution in [0.3, 0.4) is 0 Å². The Kier molecular flexibility index (Phi) is 7.17. The van der Waals surface area contributed by atoms with Gasteiger partial charge in [-0.05, 0) is 72.8 Å². The zero-order chi connectivity index (χ0) is 23.5. The first-order valence-electron chi connectivity index (χ1n) is 9.88. The highest BCUT2D eigenvalue weighted by atomic mass is 79.9. The average Bonchev–Trinajstić information content (AvgIpc) is 3.05. The number of esters is 1. The summed E-state index contributed by atoms with van der Waals surface area (Å²) in [5, 5.41) is -0.345. The van der Waals surface area contributed by atoms with Gasteiger partial charge in [-0.3, -0.25) is 14.5 Å². The Bertz CT molecular complexity index is 1270. The number of carbonyl (C=O) groups excluding carboxylic acids is 3. The first kappa shape index (κ1) is 23.5. The highest BCUT2D eigenvalue weighted by Crippen LogP contribution is 2.36. The standard InChI is InChI=1S/C25H17Br2NO4S/c1-15-2-6-17(7-3-15)24(30)32-21-11-10-20(27)12-18(21)13-22-23(29)28(25(31)33-22)14-16-4-8-19(26)9-5-16/h2-13H,14H2,1H3/b22-13-. The minimum absolute atomic E-state index is 0.184. The summed E-state index contributed by atoms with van der Waals surface area (Å²) in [5.41, 5.74) is 2.81. The predicted molar refractivity (Wildman–Crippen MR) is 136 cm³/mol. The fraction of sp³-hybridized carbons (Fsp3) is 0.0800. The van der Waals surface area contributed by atoms with Gasteiger partial charge in [0.15, 0.2) is 0 Å². The van der Waals surface area contributed by atoms with E-state index in [-0.39, 0.29) is 22.6 Å². The van der Waals surface area contributed by atoms with Crippen LogP contribution in [0.2, 0.25) is 0 Å². The monoisotopic (exact) mass is 585 g/mol. The quantitative estimate of drug-likeness (QED) is 0.183. The van der Waals surface area contributed by atoms with Crippen molar-refractivity contribution in [3.8, 4) is 5.75 Å². The largest absolute Gasteiger partial charge is 0.422 e. The van der Waals surface area contributed by atoms with Crippen LogP contribution in [0, 0.1) is 6.92 Å². The molecule has 5 nitrogen and oxygen atoms in total. The summed E-state index contributed by atoms with van der Waals surface area (Å²) in [5.74, 6) is -0.595. The van der Waals surface area contributed by atoms with Gasteiger partial charge in [-0.15, -0.1) is 0 Å². The molecule has 8 heteroatoms. The van der Waals surface area contributed by atoms with Gasteiger partial charge in [0.1, 0.15) is 5.75 Å². The van der Waals surface area contributed by atoms with Crippen molar-refractivity contribution in [3.05, 3.63) is 103 Å². The van der Waals surface area contributed by atoms with Crippen molar-refractivity contribution in [2.75, 3.05) is 0 Å². The average molecular weight is 587 g/mol. The Morgan fingerprint density at radius 2 is 1.64 bits per heavy atom. The Morgan fingerprint density at radius 1 is 0.970 bits per heavy atom. The van der Waals surface area contributed by atoms with Crippen molar-refractivity contribution in [3.63, 3.8) is 0 Å². The van der Waals surface area contributed by atoms with Crippen LogP contribution in [-0.2, 0) is 11.3 Å². The Labute approximate surface area is 212 Å². The van der Waals surface area contributed by atoms with Crippen LogP contribution in [0.25, 0.3) is 6.08 Å². The Morgan fingerprint density at radius 3 is 2.33 bits per heavy atom. The molecule has 0 aromatic heterocycles. The van der Waals surface area contributed by atoms with Crippen LogP contribution in [-0.4, -0.2) is 22.0 Å². The summed E-state index contributed by atoms with van der Waals surface area (Å²) < 4.78 is 7.27. The maximum Gasteiger partial charge on any atom is 0.343 e. The van der Waals surface area contributed by atoms with E-state index >= 15 is 0 Å². The second kappa shape index (κ2) is 10.1. The summed E-state index contributed by atoms with van der Waals surface area (Å²) >= 11 is 7.65. The van der Waals surface area contributed by atoms with Crippen LogP contribution < -0.4 is 4.74 Å². The molecule has 0 N–H and O–H groups in total. The zero-order valence-electron chi connectivity index (χ0n) is 17.4. The number of ether oxygens (including phenoxy) is 1. The van der Waals surface area contributed by atoms with E-state index in [1.54, 1.807) is 36.4 Å². The molecule has 4 rings (SSSR count). The van der Waals surface area contributed by atoms with Gasteiger partial charge in [-0.1, -0.05) is 61.7 Å². The molecule has 1 saturated heterocycles. The molecule has 3 aromatic rings. The minimum Gasteiger partial charge on any atom is -0.422 e. The number of thioether (sulfide) groups is 1. The first-order chi connectivity index (χ1) is 15.8. The number of imide groups is 1. The Hall–Kier alpha value is -2.68. The molecule has 0 atom stereocenters. The molecular formula is C25H17Br2NO4S. The molecule has 1 aliphatic heterocycles. The lowest BCUT2D eigenvalue weighted by atomic mass is 10.1. The van der Waals surface area contributed by atoms with Crippen LogP contribution >= 0.6 is 43.6 Å². The lowest BCUT2D eigenvalue weighted by molar-refractivity contribution is -0.123. The number of halogens is 2. The molecule has 1 heterocycles. The minimum atomic E-state index is -0.504. The maximum absolute atomic E-state index is 13.0. The highest BCUT2D eigenvalue weighted by Gasteiger charge is 2.35. The molecule has 1 aliphatic rings. The van der Waals surface area contributed by atoms with E-state index in [2.05, 4.69) is 31.9 Å². The normalized spacial score (nSPS) is 14.8. The number of hydrogen-bond donors (Lipinski definition) is 0. The fourth-order valence-electron chi connectivity index (χ4n) is 3.12. The van der Waals surface area contributed by atoms with Crippen molar-refractivity contribution in [1.82, 2.24) is 4.90 Å². The van der Waals surface area contributed by atoms with Crippen molar-refractivity contribution in [2.24, 2.45) is 0 Å². The SMILES string of the molecule is Cc1ccc(C(=O)Oc2ccc(Br)cc2/C=C2\SC(=O)N(Cc3ccc(Br)cc3)C2=O)cc1. The Balaban J connectivity index is 1.58. The van der Waals surface area contributed by atoms with Crippen LogP contribution in [0.5, 0.6) is 5.75 Å². The number of nitrogens with zero attached hydrogens (tertiary/aromatic N) is 1. The second-order valence-corrected chi connectivity index (χ2v) is 10.2. The predicted octanol–water partition coefficient (Wildman–Crippen LogP) is 6.98. The number of amides is 2. The van der Waals surface area contributed by atoms with Gasteiger partial charge in [0.2, 0.25) is 0 Å². The smallest absolute Gasteiger partial charge is 0.343 e. The number of carbonyl (C=O) groups is 3. The number of aryl methyl sites for hydroxylation is 1. The second-order valence-electron chi connectivity index (χ2n) is 7.33. The molecule has 0 saturated carbocycles. The van der Waals surface area contributed by atoms with E-state index in [9.17, 15) is 14.4 Å². The highest BCUT2D eigenvalue weighted by molar-refractivity contribution is 9.10. The van der Waals surface area contributed by atoms with E-state index < -0.39 is 5.97 Å². The first-order valence-corrected chi connectivity index (χ1v) is 12.3. The van der Waals surface area contributed by atoms with Crippen molar-refractivity contribution >= 4 is 66.8 Å². The zero-order valence-corrected chi connectivity index (χ0v) is 21.4. The third-order valence-corrected chi connectivity index (χ3v) is 6.81. The van der Waals surface area contributed by atoms with E-state index in [4.69, 9.17) is 4.74 Å². The van der Waals surface area contributed by atoms with E-state index in [1.807, 2.05) is 43.3 Å². The molecule has 0 bridgehead atoms. The molecule has 2 amide bonds. The third-order valence-electron chi connectivity index (χ3n) is 4.88. The van der Waals surface area contributed by atoms with E-state index in [0.717, 1.165) is 31.8 Å². The van der Waals surface area contributed by atoms with E-state index in [0.29, 0.717) is 16.9 Å². The van der Waals surface area contributed by atoms with Crippen molar-refractivity contribution in [2.45, 2.75) is 13.5 Å². The summed E-state index contributed by atoms with van der Waals surface area (Å²) in [6, 6.07) is 19.6. The molecule has 0 spiro atoms. The number of hydrogen-bond acceptors (Lipinski definition) is 5. The summed E-state index contributed by atoms with van der Waals surface area (Å²) in [6.07, 6.45) is 1.58. The van der Waals surface area contributed by atoms with Crippen molar-refractivity contribution < 1.29 is 19.1 Å². The molecule has 3 aromatic carbocycles. The van der Waals surface area contributed by atoms with Crippen LogP contribution in [0.4, 0.5) is 4.79 Å². The van der Waals surface area contributed by atoms with Gasteiger partial charge in [0.05, 0.1) is 17.0 Å². The molecule has 33 heavy (non-hydrogen) atoms. The van der Waals surface area contributed by atoms with Crippen molar-refractivity contribution in [1.29, 1.82) is 0 Å². The molecule has 166 valence electrons. The fourth-order valence-corrected chi connectivity index (χ4v) is 4.60. The lowest BCUT2D eigenvalue weighted by Crippen LogP contribution is -2.27. The third kappa shape index (κ3) is 5.63. The maximum atomic E-state index is 13.0. The van der Waals surface area contributed by atoms with E-state index in [1.165, 1.54) is 4.90 Å². The van der Waals surface area contributed by atoms with Crippen LogP contribution in [0.15, 0.2) is 80.6 Å². The van der Waals surface area contributed by atoms with Gasteiger partial charge < -0.3 is 4.74 Å². The molecule has 0 unspecified atom stereocenters. The van der Waals surface area contributed by atoms with Gasteiger partial charge in [0.25, 0.3) is 11.1 Å². The molecule has 0 radical (unpaired) electrons. The van der Waals surface area contributed by atoms with Crippen LogP contribution in [0.1, 0.15) is 27.0 Å². The van der Waals surface area contributed by atoms with Gasteiger partial charge in [0, 0.05) is 14.5 Å². The summed E-state index contributed by atoms with van der Waals surface area (Å²) in [6.45, 7) is 2.12. The number of rotatable bonds is 5. The topological polar surface area (TPSA) is 63.7 Å². The van der Waals surface area contributed by atoms with Gasteiger partial charge in [-0.2, -0.15) is 0 Å². The molecular weight excluding hydrogens is 570 g/mol. The summed E-state index contributed by atoms with van der Waals surface area (Å²) in [7, 11) is 0. The lowest BCUT2D eigenvalue weighted by Gasteiger charge is -2.12. The molecule has 1 fully saturated rings.